The number of pyridine rings is 1. The first kappa shape index (κ1) is 20.2. The summed E-state index contributed by atoms with van der Waals surface area (Å²) in [7, 11) is 1.87. The number of aromatic nitrogens is 3. The van der Waals surface area contributed by atoms with Crippen LogP contribution >= 0.6 is 11.6 Å². The number of benzene rings is 1. The van der Waals surface area contributed by atoms with Crippen LogP contribution in [0.5, 0.6) is 0 Å². The van der Waals surface area contributed by atoms with E-state index in [9.17, 15) is 4.79 Å². The van der Waals surface area contributed by atoms with Gasteiger partial charge in [-0.3, -0.25) is 9.78 Å². The van der Waals surface area contributed by atoms with Gasteiger partial charge in [-0.1, -0.05) is 23.7 Å². The molecule has 1 spiro atoms. The van der Waals surface area contributed by atoms with Gasteiger partial charge in [-0.05, 0) is 24.3 Å². The Morgan fingerprint density at radius 2 is 1.97 bits per heavy atom. The fourth-order valence-corrected chi connectivity index (χ4v) is 4.44. The highest BCUT2D eigenvalue weighted by molar-refractivity contribution is 6.30. The molecule has 2 saturated heterocycles. The quantitative estimate of drug-likeness (QED) is 0.664. The number of imidazole rings is 1. The smallest absolute Gasteiger partial charge is 0.242 e. The van der Waals surface area contributed by atoms with Gasteiger partial charge in [-0.2, -0.15) is 0 Å². The molecule has 0 aliphatic carbocycles. The Morgan fingerprint density at radius 1 is 1.23 bits per heavy atom. The van der Waals surface area contributed by atoms with Crippen LogP contribution in [0.4, 0.5) is 0 Å². The number of carbonyl (C=O) groups is 1. The highest BCUT2D eigenvalue weighted by Gasteiger charge is 2.46. The van der Waals surface area contributed by atoms with Crippen molar-refractivity contribution in [2.75, 3.05) is 26.7 Å². The number of hydrogen-bond acceptors (Lipinski definition) is 5. The topological polar surface area (TPSA) is 72.3 Å². The maximum atomic E-state index is 13.2. The second-order valence-electron chi connectivity index (χ2n) is 8.27. The molecule has 0 radical (unpaired) electrons. The maximum Gasteiger partial charge on any atom is 0.242 e. The van der Waals surface area contributed by atoms with Crippen molar-refractivity contribution in [2.24, 2.45) is 0 Å². The Hall–Kier alpha value is -2.74. The predicted molar refractivity (Wildman–Crippen MR) is 119 cm³/mol. The van der Waals surface area contributed by atoms with E-state index in [2.05, 4.69) is 15.3 Å². The molecule has 1 unspecified atom stereocenters. The van der Waals surface area contributed by atoms with Crippen LogP contribution in [0.25, 0.3) is 22.5 Å². The lowest BCUT2D eigenvalue weighted by molar-refractivity contribution is -0.132. The summed E-state index contributed by atoms with van der Waals surface area (Å²) < 4.78 is 7.89. The zero-order chi connectivity index (χ0) is 21.4. The van der Waals surface area contributed by atoms with E-state index in [1.165, 1.54) is 0 Å². The Bertz CT molecular complexity index is 1080. The third kappa shape index (κ3) is 3.84. The summed E-state index contributed by atoms with van der Waals surface area (Å²) in [6.07, 6.45) is 6.09. The number of likely N-dealkylation sites (N-methyl/N-ethyl adjacent to an activating group) is 1. The van der Waals surface area contributed by atoms with Crippen LogP contribution in [0.1, 0.15) is 6.42 Å². The van der Waals surface area contributed by atoms with Gasteiger partial charge >= 0.3 is 0 Å². The van der Waals surface area contributed by atoms with Crippen LogP contribution in [0.3, 0.4) is 0 Å². The van der Waals surface area contributed by atoms with Gasteiger partial charge in [-0.25, -0.2) is 4.98 Å². The molecule has 2 aliphatic heterocycles. The predicted octanol–water partition coefficient (Wildman–Crippen LogP) is 2.85. The molecule has 8 heteroatoms. The van der Waals surface area contributed by atoms with Crippen molar-refractivity contribution in [3.8, 4) is 22.5 Å². The minimum atomic E-state index is -0.0852. The van der Waals surface area contributed by atoms with Crippen molar-refractivity contribution in [1.29, 1.82) is 0 Å². The molecule has 7 nitrogen and oxygen atoms in total. The number of halogens is 1. The average molecular weight is 438 g/mol. The monoisotopic (exact) mass is 437 g/mol. The van der Waals surface area contributed by atoms with Crippen molar-refractivity contribution in [3.63, 3.8) is 0 Å². The number of hydrogen-bond donors (Lipinski definition) is 1. The van der Waals surface area contributed by atoms with Crippen LogP contribution in [0, 0.1) is 0 Å². The molecule has 0 bridgehead atoms. The first-order chi connectivity index (χ1) is 15.0. The van der Waals surface area contributed by atoms with E-state index in [0.717, 1.165) is 42.0 Å². The van der Waals surface area contributed by atoms with Crippen molar-refractivity contribution in [2.45, 2.75) is 24.6 Å². The summed E-state index contributed by atoms with van der Waals surface area (Å²) >= 11 is 6.06. The van der Waals surface area contributed by atoms with Crippen LogP contribution < -0.4 is 5.32 Å². The van der Waals surface area contributed by atoms with Crippen molar-refractivity contribution >= 4 is 17.5 Å². The normalized spacial score (nSPS) is 19.4. The highest BCUT2D eigenvalue weighted by Crippen LogP contribution is 2.33. The van der Waals surface area contributed by atoms with Gasteiger partial charge in [0.1, 0.15) is 6.54 Å². The zero-order valence-electron chi connectivity index (χ0n) is 17.3. The second-order valence-corrected chi connectivity index (χ2v) is 8.71. The van der Waals surface area contributed by atoms with Gasteiger partial charge in [0.2, 0.25) is 5.91 Å². The molecule has 2 aliphatic rings. The summed E-state index contributed by atoms with van der Waals surface area (Å²) in [5.41, 5.74) is 3.50. The summed E-state index contributed by atoms with van der Waals surface area (Å²) in [4.78, 5) is 23.8. The van der Waals surface area contributed by atoms with E-state index in [1.807, 2.05) is 52.9 Å². The van der Waals surface area contributed by atoms with Gasteiger partial charge < -0.3 is 19.5 Å². The molecule has 1 atom stereocenters. The van der Waals surface area contributed by atoms with Crippen molar-refractivity contribution in [3.05, 3.63) is 60.1 Å². The first-order valence-electron chi connectivity index (χ1n) is 10.4. The molecule has 31 heavy (non-hydrogen) atoms. The summed E-state index contributed by atoms with van der Waals surface area (Å²) in [5, 5.41) is 3.94. The lowest BCUT2D eigenvalue weighted by Crippen LogP contribution is -2.59. The molecule has 1 N–H and O–H groups in total. The number of ether oxygens (including phenoxy) is 1. The number of amides is 1. The fraction of sp³-hybridized carbons (Fsp3) is 0.348. The molecule has 5 rings (SSSR count). The summed E-state index contributed by atoms with van der Waals surface area (Å²) in [6, 6.07) is 11.5. The van der Waals surface area contributed by atoms with Gasteiger partial charge in [-0.15, -0.1) is 0 Å². The molecule has 2 aromatic heterocycles. The van der Waals surface area contributed by atoms with E-state index in [4.69, 9.17) is 16.3 Å². The number of nitrogens with one attached hydrogen (secondary N) is 1. The SMILES string of the molecule is CN(C(=O)Cn1cnc(-c2ccc(Cl)cc2)c1-c1ccncc1)C1COC2(CNC2)C1. The van der Waals surface area contributed by atoms with Crippen LogP contribution in [-0.4, -0.2) is 63.7 Å². The van der Waals surface area contributed by atoms with E-state index < -0.39 is 0 Å². The van der Waals surface area contributed by atoms with Crippen LogP contribution in [-0.2, 0) is 16.1 Å². The van der Waals surface area contributed by atoms with Gasteiger partial charge in [0, 0.05) is 55.1 Å². The number of rotatable bonds is 5. The van der Waals surface area contributed by atoms with Gasteiger partial charge in [0.25, 0.3) is 0 Å². The Labute approximate surface area is 186 Å². The second kappa shape index (κ2) is 8.07. The number of carbonyl (C=O) groups excluding carboxylic acids is 1. The molecule has 0 saturated carbocycles. The van der Waals surface area contributed by atoms with E-state index >= 15 is 0 Å². The first-order valence-corrected chi connectivity index (χ1v) is 10.7. The molecular weight excluding hydrogens is 414 g/mol. The average Bonchev–Trinajstić information content (AvgIpc) is 3.39. The number of nitrogens with zero attached hydrogens (tertiary/aromatic N) is 4. The molecule has 2 fully saturated rings. The van der Waals surface area contributed by atoms with Crippen LogP contribution in [0.2, 0.25) is 5.02 Å². The maximum absolute atomic E-state index is 13.2. The molecule has 1 amide bonds. The lowest BCUT2D eigenvalue weighted by atomic mass is 9.91. The lowest BCUT2D eigenvalue weighted by Gasteiger charge is -2.38. The van der Waals surface area contributed by atoms with Gasteiger partial charge in [0.05, 0.1) is 36.0 Å². The Kier molecular flexibility index (Phi) is 5.25. The summed E-state index contributed by atoms with van der Waals surface area (Å²) in [5.74, 6) is 0.0355. The van der Waals surface area contributed by atoms with Crippen molar-refractivity contribution in [1.82, 2.24) is 24.8 Å². The molecular formula is C23H24ClN5O2. The van der Waals surface area contributed by atoms with E-state index in [0.29, 0.717) is 11.6 Å². The molecule has 4 heterocycles. The molecule has 1 aromatic carbocycles. The highest BCUT2D eigenvalue weighted by atomic mass is 35.5. The Morgan fingerprint density at radius 3 is 2.61 bits per heavy atom. The Balaban J connectivity index is 1.42. The summed E-state index contributed by atoms with van der Waals surface area (Å²) in [6.45, 7) is 2.52. The zero-order valence-corrected chi connectivity index (χ0v) is 18.0. The molecule has 3 aromatic rings. The van der Waals surface area contributed by atoms with Gasteiger partial charge in [0.15, 0.2) is 0 Å². The standard InChI is InChI=1S/C23H24ClN5O2/c1-28(19-10-23(31-12-19)13-26-14-23)20(30)11-29-15-27-21(16-2-4-18(24)5-3-16)22(29)17-6-8-25-9-7-17/h2-9,15,19,26H,10-14H2,1H3. The fourth-order valence-electron chi connectivity index (χ4n) is 4.31. The van der Waals surface area contributed by atoms with E-state index in [-0.39, 0.29) is 24.1 Å². The minimum Gasteiger partial charge on any atom is -0.370 e. The largest absolute Gasteiger partial charge is 0.370 e. The van der Waals surface area contributed by atoms with Crippen LogP contribution in [0.15, 0.2) is 55.1 Å². The third-order valence-corrected chi connectivity index (χ3v) is 6.49. The van der Waals surface area contributed by atoms with Crippen molar-refractivity contribution < 1.29 is 9.53 Å². The third-order valence-electron chi connectivity index (χ3n) is 6.24. The van der Waals surface area contributed by atoms with E-state index in [1.54, 1.807) is 18.7 Å². The minimum absolute atomic E-state index is 0.0355. The molecule has 160 valence electrons.